The van der Waals surface area contributed by atoms with Crippen molar-refractivity contribution >= 4 is 17.3 Å². The van der Waals surface area contributed by atoms with Crippen molar-refractivity contribution in [3.63, 3.8) is 0 Å². The summed E-state index contributed by atoms with van der Waals surface area (Å²) in [7, 11) is 0. The van der Waals surface area contributed by atoms with E-state index in [4.69, 9.17) is 0 Å². The number of hydrogen-bond donors (Lipinski definition) is 2. The van der Waals surface area contributed by atoms with Crippen LogP contribution in [0.15, 0.2) is 10.4 Å². The van der Waals surface area contributed by atoms with E-state index >= 15 is 0 Å². The normalized spacial score (nSPS) is 10.4. The summed E-state index contributed by atoms with van der Waals surface area (Å²) in [6, 6.07) is 0. The van der Waals surface area contributed by atoms with Crippen LogP contribution < -0.4 is 10.6 Å². The van der Waals surface area contributed by atoms with Crippen molar-refractivity contribution < 1.29 is 0 Å². The van der Waals surface area contributed by atoms with Crippen LogP contribution in [0.5, 0.6) is 0 Å². The lowest BCUT2D eigenvalue weighted by molar-refractivity contribution is 0.819. The maximum absolute atomic E-state index is 4.56. The van der Waals surface area contributed by atoms with Gasteiger partial charge in [-0.2, -0.15) is 0 Å². The first-order valence-electron chi connectivity index (χ1n) is 6.13. The zero-order chi connectivity index (χ0) is 12.7. The number of rotatable bonds is 5. The van der Waals surface area contributed by atoms with Crippen molar-refractivity contribution in [1.29, 1.82) is 0 Å². The first-order chi connectivity index (χ1) is 8.17. The monoisotopic (exact) mass is 254 g/mol. The van der Waals surface area contributed by atoms with Gasteiger partial charge in [-0.05, 0) is 13.8 Å². The van der Waals surface area contributed by atoms with Gasteiger partial charge in [-0.25, -0.2) is 9.98 Å². The summed E-state index contributed by atoms with van der Waals surface area (Å²) in [6.07, 6.45) is 0. The van der Waals surface area contributed by atoms with Crippen LogP contribution in [0.25, 0.3) is 0 Å². The van der Waals surface area contributed by atoms with Crippen molar-refractivity contribution in [3.8, 4) is 0 Å². The highest BCUT2D eigenvalue weighted by Crippen LogP contribution is 2.19. The first kappa shape index (κ1) is 14.0. The van der Waals surface area contributed by atoms with Gasteiger partial charge in [0.05, 0.1) is 17.2 Å². The molecular formula is C12H22N4S. The van der Waals surface area contributed by atoms with Crippen LogP contribution in [-0.2, 0) is 6.54 Å². The molecule has 4 nitrogen and oxygen atoms in total. The average molecular weight is 254 g/mol. The fraction of sp³-hybridized carbons (Fsp3) is 0.667. The fourth-order valence-corrected chi connectivity index (χ4v) is 2.16. The van der Waals surface area contributed by atoms with Crippen LogP contribution >= 0.6 is 11.3 Å². The van der Waals surface area contributed by atoms with E-state index < -0.39 is 0 Å². The second-order valence-corrected chi connectivity index (χ2v) is 4.95. The molecule has 0 aliphatic heterocycles. The van der Waals surface area contributed by atoms with Gasteiger partial charge in [-0.15, -0.1) is 11.3 Å². The Labute approximate surface area is 108 Å². The van der Waals surface area contributed by atoms with Crippen molar-refractivity contribution in [2.75, 3.05) is 13.1 Å². The van der Waals surface area contributed by atoms with Gasteiger partial charge in [-0.1, -0.05) is 13.8 Å². The number of nitrogens with zero attached hydrogens (tertiary/aromatic N) is 2. The van der Waals surface area contributed by atoms with Gasteiger partial charge in [0.1, 0.15) is 0 Å². The molecule has 0 amide bonds. The Kier molecular flexibility index (Phi) is 5.97. The third-order valence-electron chi connectivity index (χ3n) is 2.15. The topological polar surface area (TPSA) is 49.3 Å². The molecule has 0 saturated heterocycles. The lowest BCUT2D eigenvalue weighted by Crippen LogP contribution is -2.36. The Bertz CT molecular complexity index is 349. The summed E-state index contributed by atoms with van der Waals surface area (Å²) in [5, 5.41) is 9.67. The Hall–Kier alpha value is -1.10. The molecule has 0 aromatic carbocycles. The minimum Gasteiger partial charge on any atom is -0.357 e. The molecule has 1 aromatic heterocycles. The van der Waals surface area contributed by atoms with E-state index in [1.54, 1.807) is 11.3 Å². The predicted molar refractivity (Wildman–Crippen MR) is 74.7 cm³/mol. The summed E-state index contributed by atoms with van der Waals surface area (Å²) in [4.78, 5) is 9.04. The second-order valence-electron chi connectivity index (χ2n) is 4.06. The molecule has 2 N–H and O–H groups in total. The average Bonchev–Trinajstić information content (AvgIpc) is 2.75. The summed E-state index contributed by atoms with van der Waals surface area (Å²) >= 11 is 1.71. The van der Waals surface area contributed by atoms with Gasteiger partial charge in [0, 0.05) is 24.4 Å². The molecule has 0 saturated carbocycles. The molecule has 0 radical (unpaired) electrons. The lowest BCUT2D eigenvalue weighted by Gasteiger charge is -2.08. The highest BCUT2D eigenvalue weighted by molar-refractivity contribution is 7.09. The molecule has 0 fully saturated rings. The lowest BCUT2D eigenvalue weighted by atomic mass is 10.2. The Balaban J connectivity index is 2.59. The molecule has 1 heterocycles. The Morgan fingerprint density at radius 2 is 2.00 bits per heavy atom. The highest BCUT2D eigenvalue weighted by atomic mass is 32.1. The zero-order valence-corrected chi connectivity index (χ0v) is 11.9. The molecule has 0 unspecified atom stereocenters. The van der Waals surface area contributed by atoms with E-state index in [0.29, 0.717) is 12.5 Å². The van der Waals surface area contributed by atoms with Crippen molar-refractivity contribution in [1.82, 2.24) is 15.6 Å². The van der Waals surface area contributed by atoms with Gasteiger partial charge in [-0.3, -0.25) is 0 Å². The number of hydrogen-bond acceptors (Lipinski definition) is 3. The molecule has 1 rings (SSSR count). The van der Waals surface area contributed by atoms with Gasteiger partial charge < -0.3 is 10.6 Å². The molecule has 0 spiro atoms. The fourth-order valence-electron chi connectivity index (χ4n) is 1.33. The SMILES string of the molecule is CCNC(=NCc1csc(C(C)C)n1)NCC. The largest absolute Gasteiger partial charge is 0.357 e. The van der Waals surface area contributed by atoms with Crippen LogP contribution in [0, 0.1) is 0 Å². The van der Waals surface area contributed by atoms with E-state index in [2.05, 4.69) is 53.7 Å². The van der Waals surface area contributed by atoms with E-state index in [1.165, 1.54) is 5.01 Å². The van der Waals surface area contributed by atoms with Crippen molar-refractivity contribution in [2.45, 2.75) is 40.2 Å². The number of aromatic nitrogens is 1. The molecule has 0 aliphatic carbocycles. The molecule has 5 heteroatoms. The van der Waals surface area contributed by atoms with Crippen LogP contribution in [0.1, 0.15) is 44.3 Å². The summed E-state index contributed by atoms with van der Waals surface area (Å²) < 4.78 is 0. The van der Waals surface area contributed by atoms with Gasteiger partial charge in [0.2, 0.25) is 0 Å². The molecule has 1 aromatic rings. The summed E-state index contributed by atoms with van der Waals surface area (Å²) in [5.41, 5.74) is 1.05. The first-order valence-corrected chi connectivity index (χ1v) is 7.01. The number of guanidine groups is 1. The van der Waals surface area contributed by atoms with Gasteiger partial charge in [0.15, 0.2) is 5.96 Å². The maximum Gasteiger partial charge on any atom is 0.191 e. The third-order valence-corrected chi connectivity index (χ3v) is 3.35. The van der Waals surface area contributed by atoms with E-state index in [0.717, 1.165) is 24.7 Å². The Morgan fingerprint density at radius 1 is 1.35 bits per heavy atom. The van der Waals surface area contributed by atoms with E-state index in [-0.39, 0.29) is 0 Å². The predicted octanol–water partition coefficient (Wildman–Crippen LogP) is 2.34. The minimum atomic E-state index is 0.500. The smallest absolute Gasteiger partial charge is 0.191 e. The van der Waals surface area contributed by atoms with E-state index in [1.807, 2.05) is 0 Å². The minimum absolute atomic E-state index is 0.500. The van der Waals surface area contributed by atoms with Gasteiger partial charge in [0.25, 0.3) is 0 Å². The van der Waals surface area contributed by atoms with Crippen molar-refractivity contribution in [3.05, 3.63) is 16.1 Å². The van der Waals surface area contributed by atoms with Crippen LogP contribution in [0.4, 0.5) is 0 Å². The summed E-state index contributed by atoms with van der Waals surface area (Å²) in [5.74, 6) is 1.36. The van der Waals surface area contributed by atoms with Crippen LogP contribution in [0.3, 0.4) is 0 Å². The molecule has 96 valence electrons. The standard InChI is InChI=1S/C12H22N4S/c1-5-13-12(14-6-2)15-7-10-8-17-11(16-10)9(3)4/h8-9H,5-7H2,1-4H3,(H2,13,14,15). The molecule has 17 heavy (non-hydrogen) atoms. The number of aliphatic imine (C=N–C) groups is 1. The third kappa shape index (κ3) is 4.73. The Morgan fingerprint density at radius 3 is 2.47 bits per heavy atom. The quantitative estimate of drug-likeness (QED) is 0.626. The molecular weight excluding hydrogens is 232 g/mol. The van der Waals surface area contributed by atoms with Crippen LogP contribution in [-0.4, -0.2) is 24.0 Å². The molecule has 0 aliphatic rings. The van der Waals surface area contributed by atoms with E-state index in [9.17, 15) is 0 Å². The number of nitrogens with one attached hydrogen (secondary N) is 2. The number of thiazole rings is 1. The highest BCUT2D eigenvalue weighted by Gasteiger charge is 2.05. The zero-order valence-electron chi connectivity index (χ0n) is 11.1. The summed E-state index contributed by atoms with van der Waals surface area (Å²) in [6.45, 7) is 10.8. The van der Waals surface area contributed by atoms with Crippen molar-refractivity contribution in [2.24, 2.45) is 4.99 Å². The maximum atomic E-state index is 4.56. The molecule has 0 bridgehead atoms. The molecule has 0 atom stereocenters. The van der Waals surface area contributed by atoms with Crippen LogP contribution in [0.2, 0.25) is 0 Å². The van der Waals surface area contributed by atoms with Gasteiger partial charge >= 0.3 is 0 Å². The second kappa shape index (κ2) is 7.27.